The van der Waals surface area contributed by atoms with Crippen molar-refractivity contribution in [3.05, 3.63) is 309 Å². The van der Waals surface area contributed by atoms with Crippen LogP contribution in [0.15, 0.2) is 309 Å². The van der Waals surface area contributed by atoms with Gasteiger partial charge in [-0.15, -0.1) is 0 Å². The number of hydrogen-bond donors (Lipinski definition) is 0. The predicted molar refractivity (Wildman–Crippen MR) is 338 cm³/mol. The number of nitrogens with zero attached hydrogens (tertiary/aromatic N) is 5. The molecule has 13 aromatic carbocycles. The van der Waals surface area contributed by atoms with Crippen LogP contribution >= 0.6 is 0 Å². The molecule has 0 spiro atoms. The van der Waals surface area contributed by atoms with Crippen LogP contribution in [0.3, 0.4) is 0 Å². The summed E-state index contributed by atoms with van der Waals surface area (Å²) < 4.78 is 4.55. The van der Waals surface area contributed by atoms with Crippen molar-refractivity contribution in [2.75, 3.05) is 4.90 Å². The molecule has 15 aromatic rings. The maximum atomic E-state index is 5.17. The summed E-state index contributed by atoms with van der Waals surface area (Å²) in [6, 6.07) is 111. The molecule has 0 atom stereocenters. The van der Waals surface area contributed by atoms with Crippen molar-refractivity contribution in [1.82, 2.24) is 19.1 Å². The molecule has 15 rings (SSSR count). The van der Waals surface area contributed by atoms with Gasteiger partial charge in [-0.1, -0.05) is 218 Å². The molecule has 5 nitrogen and oxygen atoms in total. The third-order valence-corrected chi connectivity index (χ3v) is 15.7. The number of rotatable bonds is 11. The van der Waals surface area contributed by atoms with Gasteiger partial charge < -0.3 is 4.90 Å². The highest BCUT2D eigenvalue weighted by molar-refractivity contribution is 6.14. The highest BCUT2D eigenvalue weighted by Gasteiger charge is 2.21. The van der Waals surface area contributed by atoms with Crippen molar-refractivity contribution in [3.63, 3.8) is 0 Å². The standard InChI is InChI=1S/C76H51N5/c1-5-19-54(20-6-1)75-77-70-45-39-60(49-73(70)80(75)63-28-9-3-10-29-63)58-26-17-24-56(47-58)52-35-41-65(42-36-52)79(72-51-62-23-13-14-32-67(62)68-33-15-16-34-69(68)72)66-43-37-53(38-44-66)57-25-18-27-59(48-57)61-40-46-71-74(50-61)81(64-30-11-4-12-31-64)76(78-71)55-21-7-2-8-22-55/h1-51H. The van der Waals surface area contributed by atoms with Gasteiger partial charge >= 0.3 is 0 Å². The summed E-state index contributed by atoms with van der Waals surface area (Å²) in [7, 11) is 0. The number of para-hydroxylation sites is 2. The van der Waals surface area contributed by atoms with Crippen LogP contribution in [-0.4, -0.2) is 19.1 Å². The zero-order valence-electron chi connectivity index (χ0n) is 44.2. The number of imidazole rings is 2. The maximum Gasteiger partial charge on any atom is 0.145 e. The van der Waals surface area contributed by atoms with Crippen molar-refractivity contribution in [3.8, 4) is 78.7 Å². The normalized spacial score (nSPS) is 11.5. The van der Waals surface area contributed by atoms with Crippen LogP contribution in [0.2, 0.25) is 0 Å². The molecule has 81 heavy (non-hydrogen) atoms. The molecule has 0 bridgehead atoms. The first-order valence-corrected chi connectivity index (χ1v) is 27.5. The molecule has 0 saturated carbocycles. The first-order valence-electron chi connectivity index (χ1n) is 27.5. The Bertz CT molecular complexity index is 4530. The van der Waals surface area contributed by atoms with E-state index in [1.165, 1.54) is 21.5 Å². The lowest BCUT2D eigenvalue weighted by Gasteiger charge is -2.28. The minimum atomic E-state index is 0.923. The Hall–Kier alpha value is -10.9. The van der Waals surface area contributed by atoms with Gasteiger partial charge in [0.25, 0.3) is 0 Å². The van der Waals surface area contributed by atoms with Crippen molar-refractivity contribution in [2.24, 2.45) is 0 Å². The lowest BCUT2D eigenvalue weighted by Crippen LogP contribution is -2.10. The summed E-state index contributed by atoms with van der Waals surface area (Å²) in [5.74, 6) is 1.85. The minimum absolute atomic E-state index is 0.923. The molecule has 5 heteroatoms. The second-order valence-electron chi connectivity index (χ2n) is 20.6. The van der Waals surface area contributed by atoms with Gasteiger partial charge in [0.05, 0.1) is 27.8 Å². The van der Waals surface area contributed by atoms with Gasteiger partial charge in [-0.05, 0) is 152 Å². The Morgan fingerprint density at radius 3 is 1.07 bits per heavy atom. The Morgan fingerprint density at radius 1 is 0.247 bits per heavy atom. The molecule has 0 N–H and O–H groups in total. The molecule has 0 unspecified atom stereocenters. The minimum Gasteiger partial charge on any atom is -0.310 e. The number of fused-ring (bicyclic) bond motifs is 5. The zero-order chi connectivity index (χ0) is 53.6. The van der Waals surface area contributed by atoms with E-state index in [9.17, 15) is 0 Å². The van der Waals surface area contributed by atoms with Crippen molar-refractivity contribution < 1.29 is 0 Å². The van der Waals surface area contributed by atoms with E-state index in [2.05, 4.69) is 311 Å². The van der Waals surface area contributed by atoms with Gasteiger partial charge in [-0.25, -0.2) is 9.97 Å². The van der Waals surface area contributed by atoms with E-state index in [1.807, 2.05) is 12.1 Å². The molecule has 0 radical (unpaired) electrons. The van der Waals surface area contributed by atoms with Crippen LogP contribution in [0.5, 0.6) is 0 Å². The Labute approximate surface area is 470 Å². The van der Waals surface area contributed by atoms with E-state index in [1.54, 1.807) is 0 Å². The highest BCUT2D eigenvalue weighted by Crippen LogP contribution is 2.44. The fourth-order valence-corrected chi connectivity index (χ4v) is 11.8. The largest absolute Gasteiger partial charge is 0.310 e. The van der Waals surface area contributed by atoms with Crippen LogP contribution in [0.4, 0.5) is 17.1 Å². The van der Waals surface area contributed by atoms with Crippen molar-refractivity contribution in [2.45, 2.75) is 0 Å². The molecular formula is C76H51N5. The molecule has 380 valence electrons. The van der Waals surface area contributed by atoms with Gasteiger partial charge in [0.2, 0.25) is 0 Å². The third-order valence-electron chi connectivity index (χ3n) is 15.7. The fraction of sp³-hybridized carbons (Fsp3) is 0. The van der Waals surface area contributed by atoms with Crippen LogP contribution in [0.1, 0.15) is 0 Å². The summed E-state index contributed by atoms with van der Waals surface area (Å²) >= 11 is 0. The lowest BCUT2D eigenvalue weighted by atomic mass is 9.97. The van der Waals surface area contributed by atoms with Crippen LogP contribution < -0.4 is 4.90 Å². The number of aromatic nitrogens is 4. The molecule has 0 aliphatic rings. The van der Waals surface area contributed by atoms with E-state index in [0.29, 0.717) is 0 Å². The summed E-state index contributed by atoms with van der Waals surface area (Å²) in [5.41, 5.74) is 20.7. The number of benzene rings is 13. The van der Waals surface area contributed by atoms with Crippen LogP contribution in [-0.2, 0) is 0 Å². The Kier molecular flexibility index (Phi) is 11.8. The van der Waals surface area contributed by atoms with Gasteiger partial charge in [-0.2, -0.15) is 0 Å². The fourth-order valence-electron chi connectivity index (χ4n) is 11.8. The van der Waals surface area contributed by atoms with Crippen molar-refractivity contribution >= 4 is 60.7 Å². The maximum absolute atomic E-state index is 5.17. The van der Waals surface area contributed by atoms with Gasteiger partial charge in [0.15, 0.2) is 0 Å². The SMILES string of the molecule is c1ccc(-c2nc3ccc(-c4cccc(-c5ccc(N(c6ccc(-c7cccc(-c8ccc9nc(-c%10ccccc%10)n(-c%10ccccc%10)c9c8)c7)cc6)c6cc7ccccc7c7ccccc67)cc5)c4)cc3n2-c2ccccc2)cc1. The summed E-state index contributed by atoms with van der Waals surface area (Å²) in [6.45, 7) is 0. The van der Waals surface area contributed by atoms with Crippen LogP contribution in [0, 0.1) is 0 Å². The molecule has 0 saturated heterocycles. The topological polar surface area (TPSA) is 38.9 Å². The quantitative estimate of drug-likeness (QED) is 0.121. The predicted octanol–water partition coefficient (Wildman–Crippen LogP) is 20.1. The van der Waals surface area contributed by atoms with E-state index >= 15 is 0 Å². The lowest BCUT2D eigenvalue weighted by molar-refractivity contribution is 1.10. The molecule has 0 fully saturated rings. The zero-order valence-corrected chi connectivity index (χ0v) is 44.2. The van der Waals surface area contributed by atoms with Crippen LogP contribution in [0.25, 0.3) is 122 Å². The molecular weight excluding hydrogens is 983 g/mol. The first kappa shape index (κ1) is 47.3. The van der Waals surface area contributed by atoms with E-state index in [0.717, 1.165) is 118 Å². The smallest absolute Gasteiger partial charge is 0.145 e. The average Bonchev–Trinajstić information content (AvgIpc) is 4.27. The monoisotopic (exact) mass is 1030 g/mol. The second-order valence-corrected chi connectivity index (χ2v) is 20.6. The Balaban J connectivity index is 0.784. The van der Waals surface area contributed by atoms with E-state index in [4.69, 9.17) is 9.97 Å². The first-order chi connectivity index (χ1) is 40.1. The van der Waals surface area contributed by atoms with Crippen molar-refractivity contribution in [1.29, 1.82) is 0 Å². The molecule has 0 aliphatic heterocycles. The average molecular weight is 1030 g/mol. The number of hydrogen-bond acceptors (Lipinski definition) is 3. The van der Waals surface area contributed by atoms with E-state index in [-0.39, 0.29) is 0 Å². The second kappa shape index (κ2) is 20.2. The molecule has 0 amide bonds. The molecule has 2 aromatic heterocycles. The third kappa shape index (κ3) is 8.71. The molecule has 0 aliphatic carbocycles. The highest BCUT2D eigenvalue weighted by atomic mass is 15.1. The van der Waals surface area contributed by atoms with Gasteiger partial charge in [-0.3, -0.25) is 9.13 Å². The summed E-state index contributed by atoms with van der Waals surface area (Å²) in [4.78, 5) is 12.8. The summed E-state index contributed by atoms with van der Waals surface area (Å²) in [5, 5.41) is 4.84. The van der Waals surface area contributed by atoms with Gasteiger partial charge in [0, 0.05) is 39.3 Å². The van der Waals surface area contributed by atoms with E-state index < -0.39 is 0 Å². The summed E-state index contributed by atoms with van der Waals surface area (Å²) in [6.07, 6.45) is 0. The Morgan fingerprint density at radius 2 is 0.605 bits per heavy atom. The number of anilines is 3. The van der Waals surface area contributed by atoms with Gasteiger partial charge in [0.1, 0.15) is 11.6 Å². The molecule has 2 heterocycles.